The third-order valence-corrected chi connectivity index (χ3v) is 3.93. The normalized spacial score (nSPS) is 16.1. The lowest BCUT2D eigenvalue weighted by Crippen LogP contribution is -2.38. The molecular formula is C16H21N5O2. The largest absolute Gasteiger partial charge is 0.378 e. The van der Waals surface area contributed by atoms with Gasteiger partial charge in [0.15, 0.2) is 0 Å². The highest BCUT2D eigenvalue weighted by atomic mass is 16.5. The molecule has 3 heterocycles. The van der Waals surface area contributed by atoms with Crippen LogP contribution < -0.4 is 10.2 Å². The van der Waals surface area contributed by atoms with Gasteiger partial charge in [-0.25, -0.2) is 4.98 Å². The van der Waals surface area contributed by atoms with Crippen molar-refractivity contribution in [1.82, 2.24) is 20.1 Å². The Labute approximate surface area is 135 Å². The molecule has 1 aliphatic rings. The summed E-state index contributed by atoms with van der Waals surface area (Å²) in [5, 5.41) is 7.07. The lowest BCUT2D eigenvalue weighted by Gasteiger charge is -2.29. The summed E-state index contributed by atoms with van der Waals surface area (Å²) < 4.78 is 7.02. The van der Waals surface area contributed by atoms with Gasteiger partial charge >= 0.3 is 0 Å². The first-order valence-corrected chi connectivity index (χ1v) is 7.79. The van der Waals surface area contributed by atoms with Crippen LogP contribution in [0.2, 0.25) is 0 Å². The Morgan fingerprint density at radius 2 is 2.17 bits per heavy atom. The highest BCUT2D eigenvalue weighted by Crippen LogP contribution is 2.18. The zero-order chi connectivity index (χ0) is 16.1. The van der Waals surface area contributed by atoms with Crippen LogP contribution in [0.1, 0.15) is 18.5 Å². The van der Waals surface area contributed by atoms with E-state index in [4.69, 9.17) is 4.74 Å². The molecule has 7 nitrogen and oxygen atoms in total. The molecule has 1 amide bonds. The van der Waals surface area contributed by atoms with E-state index in [1.165, 1.54) is 0 Å². The molecule has 7 heteroatoms. The molecule has 3 rings (SSSR count). The minimum atomic E-state index is -0.339. The minimum absolute atomic E-state index is 0.0644. The van der Waals surface area contributed by atoms with Crippen molar-refractivity contribution in [2.75, 3.05) is 31.2 Å². The van der Waals surface area contributed by atoms with Crippen LogP contribution in [0.15, 0.2) is 36.8 Å². The summed E-state index contributed by atoms with van der Waals surface area (Å²) in [7, 11) is 0. The molecule has 0 spiro atoms. The number of nitrogens with one attached hydrogen (secondary N) is 1. The second kappa shape index (κ2) is 7.23. The van der Waals surface area contributed by atoms with Gasteiger partial charge in [-0.1, -0.05) is 6.07 Å². The topological polar surface area (TPSA) is 72.3 Å². The molecule has 1 fully saturated rings. The molecule has 2 aromatic rings. The summed E-state index contributed by atoms with van der Waals surface area (Å²) in [5.74, 6) is 0.855. The molecule has 23 heavy (non-hydrogen) atoms. The van der Waals surface area contributed by atoms with Gasteiger partial charge in [0.2, 0.25) is 5.91 Å². The number of carbonyl (C=O) groups is 1. The van der Waals surface area contributed by atoms with E-state index in [0.29, 0.717) is 19.8 Å². The Balaban J connectivity index is 1.65. The van der Waals surface area contributed by atoms with Crippen LogP contribution in [0.4, 0.5) is 5.82 Å². The Bertz CT molecular complexity index is 638. The van der Waals surface area contributed by atoms with E-state index >= 15 is 0 Å². The Morgan fingerprint density at radius 3 is 2.91 bits per heavy atom. The molecule has 1 atom stereocenters. The van der Waals surface area contributed by atoms with Crippen LogP contribution in [0, 0.1) is 0 Å². The first-order valence-electron chi connectivity index (χ1n) is 7.79. The first kappa shape index (κ1) is 15.5. The number of amides is 1. The second-order valence-electron chi connectivity index (χ2n) is 5.47. The maximum absolute atomic E-state index is 12.3. The molecular weight excluding hydrogens is 294 g/mol. The van der Waals surface area contributed by atoms with Gasteiger partial charge < -0.3 is 15.0 Å². The molecule has 2 aromatic heterocycles. The molecule has 1 aliphatic heterocycles. The first-order chi connectivity index (χ1) is 11.3. The maximum atomic E-state index is 12.3. The van der Waals surface area contributed by atoms with Crippen molar-refractivity contribution >= 4 is 11.7 Å². The van der Waals surface area contributed by atoms with E-state index in [2.05, 4.69) is 20.3 Å². The second-order valence-corrected chi connectivity index (χ2v) is 5.47. The summed E-state index contributed by atoms with van der Waals surface area (Å²) >= 11 is 0. The van der Waals surface area contributed by atoms with Crippen molar-refractivity contribution in [1.29, 1.82) is 0 Å². The van der Waals surface area contributed by atoms with Gasteiger partial charge in [-0.2, -0.15) is 5.10 Å². The summed E-state index contributed by atoms with van der Waals surface area (Å²) in [4.78, 5) is 18.9. The molecule has 1 saturated heterocycles. The van der Waals surface area contributed by atoms with Crippen LogP contribution in [0.3, 0.4) is 0 Å². The molecule has 0 aromatic carbocycles. The standard InChI is InChI=1S/C16H21N5O2/c1-13(21-7-3-6-19-21)16(22)18-12-14-4-2-5-17-15(14)20-8-10-23-11-9-20/h2-7,13H,8-12H2,1H3,(H,18,22). The predicted molar refractivity (Wildman–Crippen MR) is 86.1 cm³/mol. The fraction of sp³-hybridized carbons (Fsp3) is 0.438. The number of morpholine rings is 1. The lowest BCUT2D eigenvalue weighted by molar-refractivity contribution is -0.124. The van der Waals surface area contributed by atoms with E-state index in [1.807, 2.05) is 19.1 Å². The zero-order valence-corrected chi connectivity index (χ0v) is 13.2. The van der Waals surface area contributed by atoms with Crippen molar-refractivity contribution in [3.63, 3.8) is 0 Å². The van der Waals surface area contributed by atoms with Crippen LogP contribution in [-0.4, -0.2) is 47.0 Å². The van der Waals surface area contributed by atoms with Gasteiger partial charge in [0.25, 0.3) is 0 Å². The Morgan fingerprint density at radius 1 is 1.35 bits per heavy atom. The summed E-state index contributed by atoms with van der Waals surface area (Å²) in [5.41, 5.74) is 1.01. The van der Waals surface area contributed by atoms with Crippen molar-refractivity contribution in [2.24, 2.45) is 0 Å². The number of nitrogens with zero attached hydrogens (tertiary/aromatic N) is 4. The maximum Gasteiger partial charge on any atom is 0.244 e. The fourth-order valence-corrected chi connectivity index (χ4v) is 2.59. The summed E-state index contributed by atoms with van der Waals surface area (Å²) in [6.07, 6.45) is 5.23. The third-order valence-electron chi connectivity index (χ3n) is 3.93. The molecule has 0 saturated carbocycles. The zero-order valence-electron chi connectivity index (χ0n) is 13.2. The quantitative estimate of drug-likeness (QED) is 0.891. The molecule has 0 radical (unpaired) electrons. The Kier molecular flexibility index (Phi) is 4.87. The van der Waals surface area contributed by atoms with Crippen LogP contribution >= 0.6 is 0 Å². The number of aromatic nitrogens is 3. The average Bonchev–Trinajstić information content (AvgIpc) is 3.14. The van der Waals surface area contributed by atoms with Crippen molar-refractivity contribution in [3.05, 3.63) is 42.4 Å². The van der Waals surface area contributed by atoms with Crippen LogP contribution in [0.25, 0.3) is 0 Å². The minimum Gasteiger partial charge on any atom is -0.378 e. The van der Waals surface area contributed by atoms with Gasteiger partial charge in [-0.3, -0.25) is 9.48 Å². The number of ether oxygens (including phenoxy) is 1. The van der Waals surface area contributed by atoms with E-state index in [1.54, 1.807) is 29.3 Å². The highest BCUT2D eigenvalue weighted by molar-refractivity contribution is 5.79. The summed E-state index contributed by atoms with van der Waals surface area (Å²) in [6, 6.07) is 5.36. The van der Waals surface area contributed by atoms with Crippen molar-refractivity contribution in [2.45, 2.75) is 19.5 Å². The van der Waals surface area contributed by atoms with Crippen LogP contribution in [-0.2, 0) is 16.1 Å². The van der Waals surface area contributed by atoms with Gasteiger partial charge in [-0.15, -0.1) is 0 Å². The molecule has 0 aliphatic carbocycles. The van der Waals surface area contributed by atoms with E-state index in [9.17, 15) is 4.79 Å². The van der Waals surface area contributed by atoms with E-state index in [-0.39, 0.29) is 11.9 Å². The molecule has 0 bridgehead atoms. The summed E-state index contributed by atoms with van der Waals surface area (Å²) in [6.45, 7) is 5.33. The number of hydrogen-bond donors (Lipinski definition) is 1. The van der Waals surface area contributed by atoms with E-state index in [0.717, 1.165) is 24.5 Å². The smallest absolute Gasteiger partial charge is 0.244 e. The monoisotopic (exact) mass is 315 g/mol. The SMILES string of the molecule is CC(C(=O)NCc1cccnc1N1CCOCC1)n1cccn1. The number of rotatable bonds is 5. The van der Waals surface area contributed by atoms with Gasteiger partial charge in [0.05, 0.1) is 13.2 Å². The molecule has 1 unspecified atom stereocenters. The fourth-order valence-electron chi connectivity index (χ4n) is 2.59. The lowest BCUT2D eigenvalue weighted by atomic mass is 10.2. The number of hydrogen-bond acceptors (Lipinski definition) is 5. The highest BCUT2D eigenvalue weighted by Gasteiger charge is 2.18. The predicted octanol–water partition coefficient (Wildman–Crippen LogP) is 0.992. The Hall–Kier alpha value is -2.41. The van der Waals surface area contributed by atoms with Crippen LogP contribution in [0.5, 0.6) is 0 Å². The van der Waals surface area contributed by atoms with Crippen molar-refractivity contribution < 1.29 is 9.53 Å². The van der Waals surface area contributed by atoms with Gasteiger partial charge in [0.1, 0.15) is 11.9 Å². The molecule has 1 N–H and O–H groups in total. The van der Waals surface area contributed by atoms with E-state index < -0.39 is 0 Å². The third kappa shape index (κ3) is 3.68. The van der Waals surface area contributed by atoms with Gasteiger partial charge in [0, 0.05) is 43.8 Å². The average molecular weight is 315 g/mol. The number of anilines is 1. The molecule has 122 valence electrons. The number of pyridine rings is 1. The van der Waals surface area contributed by atoms with Gasteiger partial charge in [-0.05, 0) is 19.1 Å². The van der Waals surface area contributed by atoms with Crippen molar-refractivity contribution in [3.8, 4) is 0 Å². The number of carbonyl (C=O) groups excluding carboxylic acids is 1.